The summed E-state index contributed by atoms with van der Waals surface area (Å²) in [5.41, 5.74) is 5.61. The van der Waals surface area contributed by atoms with Crippen LogP contribution >= 0.6 is 11.6 Å². The molecule has 0 spiro atoms. The number of rotatable bonds is 12. The Hall–Kier alpha value is -6.27. The van der Waals surface area contributed by atoms with Crippen LogP contribution in [0.2, 0.25) is 0 Å². The SMILES string of the molecule is COc1ccc(-c2nc(CCl)c(COc3ccc(C#N)c(C)c3)o2)cc1.COc1ccc(-c2nc(CO)c(COc3ccc(C#N)c(C)c3)o2)cc1. The van der Waals surface area contributed by atoms with Crippen molar-refractivity contribution in [2.24, 2.45) is 0 Å². The summed E-state index contributed by atoms with van der Waals surface area (Å²) in [4.78, 5) is 8.78. The lowest BCUT2D eigenvalue weighted by atomic mass is 10.1. The predicted octanol–water partition coefficient (Wildman–Crippen LogP) is 8.45. The Morgan fingerprint density at radius 3 is 1.40 bits per heavy atom. The molecule has 52 heavy (non-hydrogen) atoms. The van der Waals surface area contributed by atoms with Crippen molar-refractivity contribution in [2.75, 3.05) is 14.2 Å². The molecule has 11 nitrogen and oxygen atoms in total. The maximum atomic E-state index is 9.54. The van der Waals surface area contributed by atoms with Gasteiger partial charge in [-0.05, 0) is 110 Å². The Morgan fingerprint density at radius 2 is 1.04 bits per heavy atom. The minimum absolute atomic E-state index is 0.129. The molecule has 0 unspecified atom stereocenters. The molecule has 0 aliphatic heterocycles. The molecule has 1 N–H and O–H groups in total. The molecule has 0 amide bonds. The third-order valence-electron chi connectivity index (χ3n) is 7.88. The number of aromatic nitrogens is 2. The fourth-order valence-corrected chi connectivity index (χ4v) is 5.14. The maximum absolute atomic E-state index is 9.54. The Kier molecular flexibility index (Phi) is 12.5. The van der Waals surface area contributed by atoms with E-state index in [9.17, 15) is 5.11 Å². The van der Waals surface area contributed by atoms with Crippen LogP contribution in [0.15, 0.2) is 93.8 Å². The first kappa shape index (κ1) is 37.0. The lowest BCUT2D eigenvalue weighted by molar-refractivity contribution is 0.248. The fraction of sp³-hybridized carbons (Fsp3) is 0.200. The molecule has 264 valence electrons. The highest BCUT2D eigenvalue weighted by Gasteiger charge is 2.17. The van der Waals surface area contributed by atoms with E-state index >= 15 is 0 Å². The summed E-state index contributed by atoms with van der Waals surface area (Å²) in [6, 6.07) is 29.5. The van der Waals surface area contributed by atoms with Gasteiger partial charge >= 0.3 is 0 Å². The molecule has 0 radical (unpaired) electrons. The van der Waals surface area contributed by atoms with E-state index in [0.29, 0.717) is 57.3 Å². The highest BCUT2D eigenvalue weighted by Crippen LogP contribution is 2.28. The van der Waals surface area contributed by atoms with Gasteiger partial charge in [-0.2, -0.15) is 10.5 Å². The van der Waals surface area contributed by atoms with Crippen LogP contribution in [-0.4, -0.2) is 29.3 Å². The summed E-state index contributed by atoms with van der Waals surface area (Å²) in [5.74, 6) is 4.93. The third-order valence-corrected chi connectivity index (χ3v) is 8.14. The second-order valence-electron chi connectivity index (χ2n) is 11.3. The van der Waals surface area contributed by atoms with E-state index < -0.39 is 0 Å². The van der Waals surface area contributed by atoms with E-state index in [1.165, 1.54) is 0 Å². The molecule has 0 saturated carbocycles. The molecule has 6 aromatic rings. The van der Waals surface area contributed by atoms with Crippen LogP contribution in [0.4, 0.5) is 0 Å². The van der Waals surface area contributed by atoms with Crippen molar-refractivity contribution in [1.29, 1.82) is 10.5 Å². The number of aliphatic hydroxyl groups is 1. The zero-order valence-corrected chi connectivity index (χ0v) is 29.7. The van der Waals surface area contributed by atoms with Gasteiger partial charge in [0.05, 0.1) is 50.0 Å². The number of methoxy groups -OCH3 is 2. The van der Waals surface area contributed by atoms with Crippen molar-refractivity contribution in [3.63, 3.8) is 0 Å². The van der Waals surface area contributed by atoms with Crippen molar-refractivity contribution >= 4 is 11.6 Å². The van der Waals surface area contributed by atoms with E-state index in [1.54, 1.807) is 44.6 Å². The maximum Gasteiger partial charge on any atom is 0.226 e. The van der Waals surface area contributed by atoms with Crippen LogP contribution in [0, 0.1) is 36.5 Å². The van der Waals surface area contributed by atoms with E-state index in [0.717, 1.165) is 33.8 Å². The first-order valence-corrected chi connectivity index (χ1v) is 16.5. The summed E-state index contributed by atoms with van der Waals surface area (Å²) in [6.45, 7) is 3.80. The van der Waals surface area contributed by atoms with Crippen molar-refractivity contribution in [1.82, 2.24) is 9.97 Å². The molecule has 2 heterocycles. The van der Waals surface area contributed by atoms with Gasteiger partial charge in [-0.1, -0.05) is 0 Å². The Balaban J connectivity index is 0.000000201. The van der Waals surface area contributed by atoms with Gasteiger partial charge in [-0.15, -0.1) is 11.6 Å². The quantitative estimate of drug-likeness (QED) is 0.121. The Bertz CT molecular complexity index is 2040. The lowest BCUT2D eigenvalue weighted by Gasteiger charge is -2.06. The number of nitriles is 2. The van der Waals surface area contributed by atoms with Gasteiger partial charge in [0, 0.05) is 11.1 Å². The van der Waals surface area contributed by atoms with Gasteiger partial charge in [0.15, 0.2) is 11.5 Å². The molecular weight excluding hydrogens is 684 g/mol. The summed E-state index contributed by atoms with van der Waals surface area (Å²) >= 11 is 5.99. The number of ether oxygens (including phenoxy) is 4. The first-order chi connectivity index (χ1) is 25.3. The third kappa shape index (κ3) is 9.09. The molecule has 0 saturated heterocycles. The second-order valence-corrected chi connectivity index (χ2v) is 11.5. The summed E-state index contributed by atoms with van der Waals surface area (Å²) in [6.07, 6.45) is 0. The smallest absolute Gasteiger partial charge is 0.226 e. The molecule has 0 aliphatic carbocycles. The highest BCUT2D eigenvalue weighted by atomic mass is 35.5. The monoisotopic (exact) mass is 718 g/mol. The van der Waals surface area contributed by atoms with Crippen molar-refractivity contribution in [3.05, 3.63) is 130 Å². The topological polar surface area (TPSA) is 157 Å². The number of alkyl halides is 1. The highest BCUT2D eigenvalue weighted by molar-refractivity contribution is 6.17. The van der Waals surface area contributed by atoms with Crippen LogP contribution in [0.5, 0.6) is 23.0 Å². The zero-order valence-electron chi connectivity index (χ0n) is 29.0. The number of hydrogen-bond donors (Lipinski definition) is 1. The average Bonchev–Trinajstić information content (AvgIpc) is 3.81. The number of halogens is 1. The minimum Gasteiger partial charge on any atom is -0.497 e. The normalized spacial score (nSPS) is 10.4. The van der Waals surface area contributed by atoms with Crippen molar-refractivity contribution in [2.45, 2.75) is 39.5 Å². The van der Waals surface area contributed by atoms with Crippen molar-refractivity contribution < 1.29 is 32.9 Å². The van der Waals surface area contributed by atoms with Gasteiger partial charge in [0.1, 0.15) is 47.6 Å². The molecule has 0 aliphatic rings. The van der Waals surface area contributed by atoms with E-state index in [4.69, 9.17) is 49.9 Å². The van der Waals surface area contributed by atoms with Crippen LogP contribution in [0.1, 0.15) is 45.2 Å². The predicted molar refractivity (Wildman–Crippen MR) is 193 cm³/mol. The van der Waals surface area contributed by atoms with E-state index in [2.05, 4.69) is 22.1 Å². The van der Waals surface area contributed by atoms with E-state index in [-0.39, 0.29) is 25.7 Å². The van der Waals surface area contributed by atoms with E-state index in [1.807, 2.05) is 68.4 Å². The number of hydrogen-bond acceptors (Lipinski definition) is 11. The molecule has 4 aromatic carbocycles. The standard InChI is InChI=1S/C20H17ClN2O3.C20H18N2O4/c1-13-9-17(8-5-15(13)11-22)25-12-19-18(10-21)23-20(26-19)14-3-6-16(24-2)7-4-14;1-13-9-17(8-5-15(13)10-21)25-12-19-18(11-23)22-20(26-19)14-3-6-16(24-2)7-4-14/h3-9H,10,12H2,1-2H3;3-9,23H,11-12H2,1-2H3. The summed E-state index contributed by atoms with van der Waals surface area (Å²) in [7, 11) is 3.22. The molecule has 12 heteroatoms. The number of benzene rings is 4. The minimum atomic E-state index is -0.245. The van der Waals surface area contributed by atoms with Gasteiger partial charge in [0.25, 0.3) is 0 Å². The number of oxazole rings is 2. The number of nitrogens with zero attached hydrogens (tertiary/aromatic N) is 4. The largest absolute Gasteiger partial charge is 0.497 e. The Morgan fingerprint density at radius 1 is 0.635 bits per heavy atom. The fourth-order valence-electron chi connectivity index (χ4n) is 4.93. The van der Waals surface area contributed by atoms with Gasteiger partial charge in [-0.25, -0.2) is 9.97 Å². The molecule has 0 atom stereocenters. The molecule has 2 aromatic heterocycles. The average molecular weight is 719 g/mol. The molecular formula is C40H35ClN4O7. The lowest BCUT2D eigenvalue weighted by Crippen LogP contribution is -1.99. The second kappa shape index (κ2) is 17.6. The van der Waals surface area contributed by atoms with Crippen LogP contribution < -0.4 is 18.9 Å². The summed E-state index contributed by atoms with van der Waals surface area (Å²) < 4.78 is 33.4. The Labute approximate surface area is 306 Å². The van der Waals surface area contributed by atoms with Crippen LogP contribution in [0.25, 0.3) is 22.9 Å². The number of aliphatic hydroxyl groups excluding tert-OH is 1. The number of aryl methyl sites for hydroxylation is 2. The zero-order chi connectivity index (χ0) is 37.0. The van der Waals surface area contributed by atoms with Crippen molar-refractivity contribution in [3.8, 4) is 58.0 Å². The molecule has 0 fully saturated rings. The van der Waals surface area contributed by atoms with Crippen LogP contribution in [-0.2, 0) is 25.7 Å². The van der Waals surface area contributed by atoms with Gasteiger partial charge in [-0.3, -0.25) is 0 Å². The molecule has 0 bridgehead atoms. The molecule has 6 rings (SSSR count). The van der Waals surface area contributed by atoms with Crippen LogP contribution in [0.3, 0.4) is 0 Å². The first-order valence-electron chi connectivity index (χ1n) is 16.0. The van der Waals surface area contributed by atoms with Gasteiger partial charge in [0.2, 0.25) is 11.8 Å². The summed E-state index contributed by atoms with van der Waals surface area (Å²) in [5, 5.41) is 27.5. The van der Waals surface area contributed by atoms with Gasteiger partial charge < -0.3 is 32.9 Å².